The molecule has 0 heterocycles. The molecule has 0 aliphatic heterocycles. The van der Waals surface area contributed by atoms with Crippen LogP contribution in [0, 0.1) is 0 Å². The highest BCUT2D eigenvalue weighted by atomic mass is 16.1. The van der Waals surface area contributed by atoms with Gasteiger partial charge in [-0.25, -0.2) is 0 Å². The fourth-order valence-corrected chi connectivity index (χ4v) is 2.17. The summed E-state index contributed by atoms with van der Waals surface area (Å²) in [7, 11) is 0. The molecule has 0 aliphatic carbocycles. The molecule has 1 aromatic rings. The van der Waals surface area contributed by atoms with Gasteiger partial charge >= 0.3 is 0 Å². The zero-order chi connectivity index (χ0) is 14.6. The maximum Gasteiger partial charge on any atom is 0.234 e. The van der Waals surface area contributed by atoms with Gasteiger partial charge in [0.25, 0.3) is 0 Å². The summed E-state index contributed by atoms with van der Waals surface area (Å²) < 4.78 is 0. The second kappa shape index (κ2) is 10.4. The van der Waals surface area contributed by atoms with Crippen LogP contribution in [0.1, 0.15) is 57.6 Å². The molecule has 0 saturated heterocycles. The van der Waals surface area contributed by atoms with Gasteiger partial charge in [-0.1, -0.05) is 62.9 Å². The Kier molecular flexibility index (Phi) is 8.72. The Hall–Kier alpha value is -1.35. The van der Waals surface area contributed by atoms with Crippen molar-refractivity contribution in [3.8, 4) is 0 Å². The Morgan fingerprint density at radius 3 is 2.50 bits per heavy atom. The zero-order valence-corrected chi connectivity index (χ0v) is 12.8. The molecule has 1 amide bonds. The van der Waals surface area contributed by atoms with E-state index in [-0.39, 0.29) is 11.9 Å². The quantitative estimate of drug-likeness (QED) is 0.643. The van der Waals surface area contributed by atoms with Crippen LogP contribution in [0.25, 0.3) is 0 Å². The summed E-state index contributed by atoms with van der Waals surface area (Å²) in [5.41, 5.74) is 1.14. The smallest absolute Gasteiger partial charge is 0.234 e. The van der Waals surface area contributed by atoms with E-state index in [0.29, 0.717) is 6.54 Å². The third kappa shape index (κ3) is 7.29. The molecule has 112 valence electrons. The number of hydrogen-bond donors (Lipinski definition) is 2. The van der Waals surface area contributed by atoms with E-state index < -0.39 is 0 Å². The van der Waals surface area contributed by atoms with Gasteiger partial charge in [0.1, 0.15) is 0 Å². The third-order valence-corrected chi connectivity index (χ3v) is 3.42. The van der Waals surface area contributed by atoms with Crippen LogP contribution < -0.4 is 10.6 Å². The van der Waals surface area contributed by atoms with Gasteiger partial charge in [-0.2, -0.15) is 0 Å². The number of hydrogen-bond acceptors (Lipinski definition) is 2. The van der Waals surface area contributed by atoms with Crippen molar-refractivity contribution in [3.05, 3.63) is 35.9 Å². The number of carbonyl (C=O) groups is 1. The van der Waals surface area contributed by atoms with Crippen LogP contribution in [0.3, 0.4) is 0 Å². The van der Waals surface area contributed by atoms with E-state index in [1.807, 2.05) is 37.3 Å². The number of nitrogens with one attached hydrogen (secondary N) is 2. The van der Waals surface area contributed by atoms with Gasteiger partial charge in [-0.05, 0) is 25.5 Å². The van der Waals surface area contributed by atoms with Gasteiger partial charge in [0.15, 0.2) is 0 Å². The molecule has 0 fully saturated rings. The van der Waals surface area contributed by atoms with Gasteiger partial charge in [-0.3, -0.25) is 4.79 Å². The Balaban J connectivity index is 2.08. The third-order valence-electron chi connectivity index (χ3n) is 3.42. The minimum absolute atomic E-state index is 0.0647. The van der Waals surface area contributed by atoms with E-state index in [4.69, 9.17) is 0 Å². The monoisotopic (exact) mass is 276 g/mol. The molecule has 0 aliphatic rings. The molecule has 1 unspecified atom stereocenters. The van der Waals surface area contributed by atoms with Crippen LogP contribution in [-0.2, 0) is 4.79 Å². The van der Waals surface area contributed by atoms with Crippen LogP contribution >= 0.6 is 0 Å². The number of benzene rings is 1. The summed E-state index contributed by atoms with van der Waals surface area (Å²) in [5.74, 6) is 0.0647. The molecular weight excluding hydrogens is 248 g/mol. The summed E-state index contributed by atoms with van der Waals surface area (Å²) in [6.07, 6.45) is 6.29. The van der Waals surface area contributed by atoms with Crippen molar-refractivity contribution in [1.29, 1.82) is 0 Å². The largest absolute Gasteiger partial charge is 0.348 e. The standard InChI is InChI=1S/C17H28N2O/c1-3-4-5-6-10-13-18-14-17(20)19-15(2)16-11-8-7-9-12-16/h7-9,11-12,15,18H,3-6,10,13-14H2,1-2H3,(H,19,20). The fourth-order valence-electron chi connectivity index (χ4n) is 2.17. The lowest BCUT2D eigenvalue weighted by Gasteiger charge is -2.14. The Morgan fingerprint density at radius 2 is 1.80 bits per heavy atom. The molecule has 3 heteroatoms. The molecular formula is C17H28N2O. The average Bonchev–Trinajstić information content (AvgIpc) is 2.47. The normalized spacial score (nSPS) is 12.1. The molecule has 0 radical (unpaired) electrons. The van der Waals surface area contributed by atoms with Crippen molar-refractivity contribution in [2.75, 3.05) is 13.1 Å². The molecule has 0 bridgehead atoms. The maximum absolute atomic E-state index is 11.8. The second-order valence-corrected chi connectivity index (χ2v) is 5.29. The maximum atomic E-state index is 11.8. The van der Waals surface area contributed by atoms with E-state index in [0.717, 1.165) is 18.5 Å². The van der Waals surface area contributed by atoms with Crippen LogP contribution in [0.4, 0.5) is 0 Å². The van der Waals surface area contributed by atoms with Gasteiger partial charge in [0, 0.05) is 0 Å². The minimum Gasteiger partial charge on any atom is -0.348 e. The van der Waals surface area contributed by atoms with E-state index in [1.54, 1.807) is 0 Å². The lowest BCUT2D eigenvalue weighted by atomic mass is 10.1. The van der Waals surface area contributed by atoms with Gasteiger partial charge in [-0.15, -0.1) is 0 Å². The Labute approximate surface area is 123 Å². The molecule has 3 nitrogen and oxygen atoms in total. The van der Waals surface area contributed by atoms with Crippen LogP contribution in [0.15, 0.2) is 30.3 Å². The van der Waals surface area contributed by atoms with E-state index in [9.17, 15) is 4.79 Å². The first kappa shape index (κ1) is 16.7. The van der Waals surface area contributed by atoms with Crippen LogP contribution in [0.2, 0.25) is 0 Å². The predicted molar refractivity (Wildman–Crippen MR) is 84.6 cm³/mol. The van der Waals surface area contributed by atoms with Gasteiger partial charge in [0.05, 0.1) is 12.6 Å². The lowest BCUT2D eigenvalue weighted by Crippen LogP contribution is -2.35. The van der Waals surface area contributed by atoms with E-state index in [1.165, 1.54) is 25.7 Å². The highest BCUT2D eigenvalue weighted by Crippen LogP contribution is 2.10. The van der Waals surface area contributed by atoms with Crippen molar-refractivity contribution < 1.29 is 4.79 Å². The van der Waals surface area contributed by atoms with Crippen LogP contribution in [-0.4, -0.2) is 19.0 Å². The summed E-state index contributed by atoms with van der Waals surface area (Å²) in [4.78, 5) is 11.8. The van der Waals surface area contributed by atoms with Crippen molar-refractivity contribution in [3.63, 3.8) is 0 Å². The van der Waals surface area contributed by atoms with Crippen molar-refractivity contribution >= 4 is 5.91 Å². The fraction of sp³-hybridized carbons (Fsp3) is 0.588. The Bertz CT molecular complexity index is 365. The molecule has 1 rings (SSSR count). The molecule has 0 spiro atoms. The van der Waals surface area contributed by atoms with Crippen LogP contribution in [0.5, 0.6) is 0 Å². The van der Waals surface area contributed by atoms with Gasteiger partial charge in [0.2, 0.25) is 5.91 Å². The predicted octanol–water partition coefficient (Wildman–Crippen LogP) is 3.42. The first-order valence-corrected chi connectivity index (χ1v) is 7.79. The summed E-state index contributed by atoms with van der Waals surface area (Å²) >= 11 is 0. The number of unbranched alkanes of at least 4 members (excludes halogenated alkanes) is 4. The molecule has 20 heavy (non-hydrogen) atoms. The minimum atomic E-state index is 0.0647. The Morgan fingerprint density at radius 1 is 1.10 bits per heavy atom. The van der Waals surface area contributed by atoms with Crippen molar-refractivity contribution in [2.45, 2.75) is 52.0 Å². The average molecular weight is 276 g/mol. The summed E-state index contributed by atoms with van der Waals surface area (Å²) in [6, 6.07) is 10.1. The molecule has 1 aromatic carbocycles. The molecule has 1 atom stereocenters. The van der Waals surface area contributed by atoms with Gasteiger partial charge < -0.3 is 10.6 Å². The summed E-state index contributed by atoms with van der Waals surface area (Å²) in [5, 5.41) is 6.21. The number of amides is 1. The number of rotatable bonds is 10. The second-order valence-electron chi connectivity index (χ2n) is 5.29. The highest BCUT2D eigenvalue weighted by Gasteiger charge is 2.08. The first-order chi connectivity index (χ1) is 9.74. The highest BCUT2D eigenvalue weighted by molar-refractivity contribution is 5.78. The summed E-state index contributed by atoms with van der Waals surface area (Å²) in [6.45, 7) is 5.57. The lowest BCUT2D eigenvalue weighted by molar-refractivity contribution is -0.120. The topological polar surface area (TPSA) is 41.1 Å². The van der Waals surface area contributed by atoms with Crippen molar-refractivity contribution in [1.82, 2.24) is 10.6 Å². The van der Waals surface area contributed by atoms with E-state index in [2.05, 4.69) is 17.6 Å². The zero-order valence-electron chi connectivity index (χ0n) is 12.8. The number of carbonyl (C=O) groups excluding carboxylic acids is 1. The molecule has 0 saturated carbocycles. The first-order valence-electron chi connectivity index (χ1n) is 7.79. The van der Waals surface area contributed by atoms with Crippen molar-refractivity contribution in [2.24, 2.45) is 0 Å². The molecule has 2 N–H and O–H groups in total. The SMILES string of the molecule is CCCCCCCNCC(=O)NC(C)c1ccccc1. The van der Waals surface area contributed by atoms with E-state index >= 15 is 0 Å². The molecule has 0 aromatic heterocycles.